The van der Waals surface area contributed by atoms with Crippen molar-refractivity contribution in [2.75, 3.05) is 0 Å². The van der Waals surface area contributed by atoms with Crippen LogP contribution in [0.5, 0.6) is 5.75 Å². The highest BCUT2D eigenvalue weighted by atomic mass is 16.5. The second-order valence-electron chi connectivity index (χ2n) is 5.54. The molecule has 114 valence electrons. The van der Waals surface area contributed by atoms with Crippen molar-refractivity contribution in [1.29, 1.82) is 0 Å². The minimum atomic E-state index is -0.457. The number of amides is 3. The van der Waals surface area contributed by atoms with E-state index >= 15 is 0 Å². The van der Waals surface area contributed by atoms with Crippen LogP contribution in [0.3, 0.4) is 0 Å². The molecule has 1 fully saturated rings. The summed E-state index contributed by atoms with van der Waals surface area (Å²) < 4.78 is 5.91. The molecule has 2 atom stereocenters. The van der Waals surface area contributed by atoms with E-state index in [2.05, 4.69) is 12.2 Å². The van der Waals surface area contributed by atoms with Crippen molar-refractivity contribution in [3.05, 3.63) is 29.3 Å². The van der Waals surface area contributed by atoms with Crippen LogP contribution >= 0.6 is 0 Å². The van der Waals surface area contributed by atoms with Gasteiger partial charge in [0.15, 0.2) is 0 Å². The normalized spacial score (nSPS) is 19.6. The van der Waals surface area contributed by atoms with E-state index < -0.39 is 6.04 Å². The predicted octanol–water partition coefficient (Wildman–Crippen LogP) is 2.61. The van der Waals surface area contributed by atoms with Gasteiger partial charge in [0.05, 0.1) is 12.6 Å². The van der Waals surface area contributed by atoms with Gasteiger partial charge in [0.1, 0.15) is 11.8 Å². The maximum atomic E-state index is 12.0. The van der Waals surface area contributed by atoms with Crippen molar-refractivity contribution in [1.82, 2.24) is 10.2 Å². The van der Waals surface area contributed by atoms with Crippen molar-refractivity contribution in [2.24, 2.45) is 0 Å². The first-order chi connectivity index (χ1) is 9.92. The standard InChI is InChI=1S/C16H22N2O3/c1-5-11(3)21-14-8-10(2)6-7-13(14)9-18-15(19)12(4)17-16(18)20/h6-8,11-12H,5,9H2,1-4H3,(H,17,20)/t11-,12+/m1/s1. The summed E-state index contributed by atoms with van der Waals surface area (Å²) in [6.45, 7) is 7.97. The third-order valence-electron chi connectivity index (χ3n) is 3.68. The van der Waals surface area contributed by atoms with E-state index in [4.69, 9.17) is 4.74 Å². The van der Waals surface area contributed by atoms with Crippen LogP contribution in [-0.4, -0.2) is 29.0 Å². The molecule has 0 aliphatic carbocycles. The predicted molar refractivity (Wildman–Crippen MR) is 80.1 cm³/mol. The Hall–Kier alpha value is -2.04. The zero-order valence-electron chi connectivity index (χ0n) is 13.0. The maximum absolute atomic E-state index is 12.0. The van der Waals surface area contributed by atoms with Gasteiger partial charge in [-0.05, 0) is 38.8 Å². The van der Waals surface area contributed by atoms with Crippen molar-refractivity contribution < 1.29 is 14.3 Å². The summed E-state index contributed by atoms with van der Waals surface area (Å²) in [5.74, 6) is 0.541. The SMILES string of the molecule is CC[C@@H](C)Oc1cc(C)ccc1CN1C(=O)N[C@@H](C)C1=O. The minimum absolute atomic E-state index is 0.0904. The van der Waals surface area contributed by atoms with Crippen molar-refractivity contribution >= 4 is 11.9 Å². The summed E-state index contributed by atoms with van der Waals surface area (Å²) in [5, 5.41) is 2.62. The quantitative estimate of drug-likeness (QED) is 0.848. The number of hydrogen-bond acceptors (Lipinski definition) is 3. The summed E-state index contributed by atoms with van der Waals surface area (Å²) in [6.07, 6.45) is 0.987. The molecule has 5 nitrogen and oxygen atoms in total. The van der Waals surface area contributed by atoms with Gasteiger partial charge in [0.25, 0.3) is 5.91 Å². The van der Waals surface area contributed by atoms with Gasteiger partial charge < -0.3 is 10.1 Å². The lowest BCUT2D eigenvalue weighted by atomic mass is 10.1. The first kappa shape index (κ1) is 15.4. The molecule has 1 saturated heterocycles. The minimum Gasteiger partial charge on any atom is -0.490 e. The fourth-order valence-electron chi connectivity index (χ4n) is 2.18. The lowest BCUT2D eigenvalue weighted by Crippen LogP contribution is -2.30. The van der Waals surface area contributed by atoms with Crippen LogP contribution < -0.4 is 10.1 Å². The Morgan fingerprint density at radius 3 is 2.67 bits per heavy atom. The number of ether oxygens (including phenoxy) is 1. The molecule has 1 N–H and O–H groups in total. The van der Waals surface area contributed by atoms with E-state index in [-0.39, 0.29) is 24.6 Å². The van der Waals surface area contributed by atoms with Gasteiger partial charge in [0.2, 0.25) is 0 Å². The largest absolute Gasteiger partial charge is 0.490 e. The fraction of sp³-hybridized carbons (Fsp3) is 0.500. The molecule has 0 unspecified atom stereocenters. The van der Waals surface area contributed by atoms with Gasteiger partial charge in [-0.1, -0.05) is 19.1 Å². The highest BCUT2D eigenvalue weighted by Crippen LogP contribution is 2.25. The Balaban J connectivity index is 2.23. The molecule has 5 heteroatoms. The zero-order chi connectivity index (χ0) is 15.6. The van der Waals surface area contributed by atoms with Gasteiger partial charge in [0, 0.05) is 5.56 Å². The van der Waals surface area contributed by atoms with Gasteiger partial charge in [-0.3, -0.25) is 9.69 Å². The molecule has 1 aromatic rings. The Labute approximate surface area is 125 Å². The molecule has 1 aliphatic rings. The Kier molecular flexibility index (Phi) is 4.50. The number of carbonyl (C=O) groups is 2. The smallest absolute Gasteiger partial charge is 0.325 e. The molecule has 3 amide bonds. The van der Waals surface area contributed by atoms with Crippen molar-refractivity contribution in [2.45, 2.75) is 52.8 Å². The van der Waals surface area contributed by atoms with E-state index in [1.54, 1.807) is 6.92 Å². The number of aryl methyl sites for hydroxylation is 1. The van der Waals surface area contributed by atoms with E-state index in [0.717, 1.165) is 23.3 Å². The van der Waals surface area contributed by atoms with Crippen molar-refractivity contribution in [3.8, 4) is 5.75 Å². The first-order valence-electron chi connectivity index (χ1n) is 7.30. The summed E-state index contributed by atoms with van der Waals surface area (Å²) in [5.41, 5.74) is 1.93. The first-order valence-corrected chi connectivity index (χ1v) is 7.30. The molecule has 1 aromatic carbocycles. The summed E-state index contributed by atoms with van der Waals surface area (Å²) in [7, 11) is 0. The fourth-order valence-corrected chi connectivity index (χ4v) is 2.18. The molecule has 1 aliphatic heterocycles. The van der Waals surface area contributed by atoms with Gasteiger partial charge >= 0.3 is 6.03 Å². The third kappa shape index (κ3) is 3.35. The number of benzene rings is 1. The molecule has 2 rings (SSSR count). The Bertz CT molecular complexity index is 556. The van der Waals surface area contributed by atoms with Crippen LogP contribution in [0.2, 0.25) is 0 Å². The number of imide groups is 1. The second kappa shape index (κ2) is 6.16. The monoisotopic (exact) mass is 290 g/mol. The molecular formula is C16H22N2O3. The Morgan fingerprint density at radius 1 is 1.38 bits per heavy atom. The molecule has 0 radical (unpaired) electrons. The molecule has 0 bridgehead atoms. The highest BCUT2D eigenvalue weighted by Gasteiger charge is 2.35. The van der Waals surface area contributed by atoms with Crippen LogP contribution in [0.4, 0.5) is 4.79 Å². The molecule has 1 heterocycles. The molecule has 21 heavy (non-hydrogen) atoms. The zero-order valence-corrected chi connectivity index (χ0v) is 13.0. The maximum Gasteiger partial charge on any atom is 0.325 e. The van der Waals surface area contributed by atoms with Gasteiger partial charge in [-0.15, -0.1) is 0 Å². The van der Waals surface area contributed by atoms with E-state index in [0.29, 0.717) is 0 Å². The lowest BCUT2D eigenvalue weighted by molar-refractivity contribution is -0.127. The topological polar surface area (TPSA) is 58.6 Å². The summed E-state index contributed by atoms with van der Waals surface area (Å²) in [6, 6.07) is 5.02. The molecule has 0 aromatic heterocycles. The van der Waals surface area contributed by atoms with Gasteiger partial charge in [-0.25, -0.2) is 4.79 Å². The number of rotatable bonds is 5. The second-order valence-corrected chi connectivity index (χ2v) is 5.54. The number of nitrogens with zero attached hydrogens (tertiary/aromatic N) is 1. The van der Waals surface area contributed by atoms with Crippen LogP contribution in [0.25, 0.3) is 0 Å². The van der Waals surface area contributed by atoms with Crippen molar-refractivity contribution in [3.63, 3.8) is 0 Å². The Morgan fingerprint density at radius 2 is 2.10 bits per heavy atom. The van der Waals surface area contributed by atoms with E-state index in [1.165, 1.54) is 4.90 Å². The number of hydrogen-bond donors (Lipinski definition) is 1. The molecule has 0 saturated carbocycles. The molecular weight excluding hydrogens is 268 g/mol. The van der Waals surface area contributed by atoms with Crippen LogP contribution in [-0.2, 0) is 11.3 Å². The van der Waals surface area contributed by atoms with Crippen LogP contribution in [0.1, 0.15) is 38.3 Å². The number of urea groups is 1. The van der Waals surface area contributed by atoms with Crippen LogP contribution in [0.15, 0.2) is 18.2 Å². The van der Waals surface area contributed by atoms with E-state index in [1.807, 2.05) is 32.0 Å². The average Bonchev–Trinajstić information content (AvgIpc) is 2.67. The average molecular weight is 290 g/mol. The lowest BCUT2D eigenvalue weighted by Gasteiger charge is -2.19. The number of carbonyl (C=O) groups excluding carboxylic acids is 2. The number of nitrogens with one attached hydrogen (secondary N) is 1. The summed E-state index contributed by atoms with van der Waals surface area (Å²) >= 11 is 0. The molecule has 0 spiro atoms. The van der Waals surface area contributed by atoms with Crippen LogP contribution in [0, 0.1) is 6.92 Å². The van der Waals surface area contributed by atoms with Gasteiger partial charge in [-0.2, -0.15) is 0 Å². The summed E-state index contributed by atoms with van der Waals surface area (Å²) in [4.78, 5) is 25.0. The highest BCUT2D eigenvalue weighted by molar-refractivity contribution is 6.03. The third-order valence-corrected chi connectivity index (χ3v) is 3.68. The van der Waals surface area contributed by atoms with E-state index in [9.17, 15) is 9.59 Å².